The van der Waals surface area contributed by atoms with E-state index >= 15 is 0 Å². The van der Waals surface area contributed by atoms with Gasteiger partial charge in [0.05, 0.1) is 6.54 Å². The average molecular weight is 368 g/mol. The Morgan fingerprint density at radius 3 is 2.41 bits per heavy atom. The molecule has 0 bridgehead atoms. The minimum absolute atomic E-state index is 0.0197. The van der Waals surface area contributed by atoms with Gasteiger partial charge in [0.2, 0.25) is 11.8 Å². The van der Waals surface area contributed by atoms with Crippen molar-refractivity contribution in [1.29, 1.82) is 0 Å². The van der Waals surface area contributed by atoms with Crippen LogP contribution < -0.4 is 0 Å². The van der Waals surface area contributed by atoms with Gasteiger partial charge < -0.3 is 14.2 Å². The number of amides is 2. The maximum Gasteiger partial charge on any atom is 0.242 e. The summed E-state index contributed by atoms with van der Waals surface area (Å²) in [6.07, 6.45) is 3.21. The molecular formula is C22H28N2O3. The number of hydrogen-bond acceptors (Lipinski definition) is 3. The van der Waals surface area contributed by atoms with Crippen LogP contribution in [-0.4, -0.2) is 40.7 Å². The van der Waals surface area contributed by atoms with Crippen LogP contribution in [0.15, 0.2) is 46.9 Å². The highest BCUT2D eigenvalue weighted by atomic mass is 16.3. The van der Waals surface area contributed by atoms with Crippen LogP contribution in [0.3, 0.4) is 0 Å². The van der Waals surface area contributed by atoms with Gasteiger partial charge in [-0.15, -0.1) is 0 Å². The van der Waals surface area contributed by atoms with Crippen molar-refractivity contribution in [2.24, 2.45) is 0 Å². The second-order valence-corrected chi connectivity index (χ2v) is 7.17. The number of nitrogens with zero attached hydrogens (tertiary/aromatic N) is 2. The number of aryl methyl sites for hydroxylation is 1. The Kier molecular flexibility index (Phi) is 6.32. The van der Waals surface area contributed by atoms with Gasteiger partial charge in [-0.1, -0.05) is 37.3 Å². The lowest BCUT2D eigenvalue weighted by molar-refractivity contribution is -0.141. The lowest BCUT2D eigenvalue weighted by Crippen LogP contribution is -2.44. The fourth-order valence-corrected chi connectivity index (χ4v) is 3.21. The zero-order chi connectivity index (χ0) is 19.2. The normalized spacial score (nSPS) is 13.4. The second-order valence-electron chi connectivity index (χ2n) is 7.17. The molecule has 5 heteroatoms. The number of benzene rings is 1. The predicted octanol–water partition coefficient (Wildman–Crippen LogP) is 3.56. The summed E-state index contributed by atoms with van der Waals surface area (Å²) in [5.74, 6) is 1.64. The maximum atomic E-state index is 13.0. The highest BCUT2D eigenvalue weighted by Crippen LogP contribution is 2.27. The highest BCUT2D eigenvalue weighted by molar-refractivity contribution is 5.85. The second kappa shape index (κ2) is 8.89. The van der Waals surface area contributed by atoms with Crippen LogP contribution in [0.2, 0.25) is 0 Å². The third-order valence-corrected chi connectivity index (χ3v) is 4.92. The number of carbonyl (C=O) groups excluding carboxylic acids is 2. The molecule has 1 aliphatic carbocycles. The molecule has 27 heavy (non-hydrogen) atoms. The van der Waals surface area contributed by atoms with E-state index in [1.54, 1.807) is 4.90 Å². The van der Waals surface area contributed by atoms with E-state index in [0.717, 1.165) is 30.8 Å². The first kappa shape index (κ1) is 19.2. The van der Waals surface area contributed by atoms with Crippen LogP contribution in [0.4, 0.5) is 0 Å². The number of carbonyl (C=O) groups is 2. The third kappa shape index (κ3) is 5.46. The molecule has 144 valence electrons. The van der Waals surface area contributed by atoms with E-state index in [0.29, 0.717) is 19.5 Å². The van der Waals surface area contributed by atoms with Gasteiger partial charge in [-0.05, 0) is 43.9 Å². The van der Waals surface area contributed by atoms with E-state index in [9.17, 15) is 9.59 Å². The Labute approximate surface area is 160 Å². The monoisotopic (exact) mass is 368 g/mol. The van der Waals surface area contributed by atoms with Gasteiger partial charge in [0.25, 0.3) is 0 Å². The van der Waals surface area contributed by atoms with Crippen molar-refractivity contribution < 1.29 is 14.0 Å². The average Bonchev–Trinajstić information content (AvgIpc) is 3.44. The molecule has 1 heterocycles. The Bertz CT molecular complexity index is 765. The Morgan fingerprint density at radius 1 is 1.07 bits per heavy atom. The largest absolute Gasteiger partial charge is 0.464 e. The fourth-order valence-electron chi connectivity index (χ4n) is 3.21. The first-order valence-corrected chi connectivity index (χ1v) is 9.73. The third-order valence-electron chi connectivity index (χ3n) is 4.92. The van der Waals surface area contributed by atoms with Crippen molar-refractivity contribution in [1.82, 2.24) is 9.80 Å². The lowest BCUT2D eigenvalue weighted by atomic mass is 10.1. The van der Waals surface area contributed by atoms with Gasteiger partial charge in [-0.3, -0.25) is 9.59 Å². The van der Waals surface area contributed by atoms with Gasteiger partial charge >= 0.3 is 0 Å². The summed E-state index contributed by atoms with van der Waals surface area (Å²) in [5, 5.41) is 0. The minimum Gasteiger partial charge on any atom is -0.464 e. The van der Waals surface area contributed by atoms with Gasteiger partial charge in [-0.25, -0.2) is 0 Å². The molecule has 0 aliphatic heterocycles. The smallest absolute Gasteiger partial charge is 0.242 e. The van der Waals surface area contributed by atoms with E-state index in [-0.39, 0.29) is 24.4 Å². The minimum atomic E-state index is -0.0197. The van der Waals surface area contributed by atoms with Crippen LogP contribution in [0.25, 0.3) is 0 Å². The zero-order valence-electron chi connectivity index (χ0n) is 16.2. The van der Waals surface area contributed by atoms with Crippen LogP contribution in [0.1, 0.15) is 43.3 Å². The summed E-state index contributed by atoms with van der Waals surface area (Å²) in [6, 6.07) is 14.2. The number of furan rings is 1. The molecular weight excluding hydrogens is 340 g/mol. The molecule has 0 saturated heterocycles. The van der Waals surface area contributed by atoms with Gasteiger partial charge in [-0.2, -0.15) is 0 Å². The van der Waals surface area contributed by atoms with Gasteiger partial charge in [0.15, 0.2) is 0 Å². The van der Waals surface area contributed by atoms with E-state index in [1.165, 1.54) is 5.56 Å². The first-order valence-electron chi connectivity index (χ1n) is 9.73. The Hall–Kier alpha value is -2.56. The van der Waals surface area contributed by atoms with E-state index in [1.807, 2.05) is 49.1 Å². The number of rotatable bonds is 9. The van der Waals surface area contributed by atoms with Gasteiger partial charge in [0, 0.05) is 19.0 Å². The summed E-state index contributed by atoms with van der Waals surface area (Å²) in [7, 11) is 0. The van der Waals surface area contributed by atoms with Crippen molar-refractivity contribution in [2.75, 3.05) is 13.1 Å². The van der Waals surface area contributed by atoms with E-state index in [4.69, 9.17) is 4.42 Å². The van der Waals surface area contributed by atoms with Crippen LogP contribution in [0.5, 0.6) is 0 Å². The highest BCUT2D eigenvalue weighted by Gasteiger charge is 2.34. The molecule has 1 aliphatic rings. The molecule has 0 N–H and O–H groups in total. The van der Waals surface area contributed by atoms with Crippen LogP contribution in [-0.2, 0) is 22.6 Å². The SMILES string of the molecule is CCC(=O)N(CC(=O)N(CCc1ccccc1)Cc1ccc(C)o1)C1CC1. The topological polar surface area (TPSA) is 53.8 Å². The summed E-state index contributed by atoms with van der Waals surface area (Å²) in [6.45, 7) is 4.93. The summed E-state index contributed by atoms with van der Waals surface area (Å²) in [5.41, 5.74) is 1.19. The van der Waals surface area contributed by atoms with Crippen molar-refractivity contribution >= 4 is 11.8 Å². The summed E-state index contributed by atoms with van der Waals surface area (Å²) >= 11 is 0. The molecule has 1 aromatic heterocycles. The molecule has 0 radical (unpaired) electrons. The molecule has 1 saturated carbocycles. The first-order chi connectivity index (χ1) is 13.1. The summed E-state index contributed by atoms with van der Waals surface area (Å²) in [4.78, 5) is 28.8. The summed E-state index contributed by atoms with van der Waals surface area (Å²) < 4.78 is 5.68. The van der Waals surface area contributed by atoms with Gasteiger partial charge in [0.1, 0.15) is 18.1 Å². The standard InChI is InChI=1S/C22H28N2O3/c1-3-21(25)24(19-10-11-19)16-22(26)23(15-20-12-9-17(2)27-20)14-13-18-7-5-4-6-8-18/h4-9,12,19H,3,10-11,13-16H2,1-2H3. The van der Waals surface area contributed by atoms with E-state index < -0.39 is 0 Å². The van der Waals surface area contributed by atoms with Crippen molar-refractivity contribution in [3.8, 4) is 0 Å². The zero-order valence-corrected chi connectivity index (χ0v) is 16.2. The quantitative estimate of drug-likeness (QED) is 0.680. The molecule has 1 fully saturated rings. The Morgan fingerprint density at radius 2 is 1.81 bits per heavy atom. The molecule has 2 amide bonds. The van der Waals surface area contributed by atoms with E-state index in [2.05, 4.69) is 12.1 Å². The number of hydrogen-bond donors (Lipinski definition) is 0. The molecule has 2 aromatic rings. The van der Waals surface area contributed by atoms with Crippen molar-refractivity contribution in [3.63, 3.8) is 0 Å². The maximum absolute atomic E-state index is 13.0. The van der Waals surface area contributed by atoms with Crippen LogP contribution in [0, 0.1) is 6.92 Å². The molecule has 1 aromatic carbocycles. The molecule has 5 nitrogen and oxygen atoms in total. The molecule has 0 spiro atoms. The molecule has 0 atom stereocenters. The fraction of sp³-hybridized carbons (Fsp3) is 0.455. The molecule has 0 unspecified atom stereocenters. The van der Waals surface area contributed by atoms with Crippen molar-refractivity contribution in [2.45, 2.75) is 52.1 Å². The Balaban J connectivity index is 1.68. The van der Waals surface area contributed by atoms with Crippen molar-refractivity contribution in [3.05, 3.63) is 59.5 Å². The van der Waals surface area contributed by atoms with Crippen LogP contribution >= 0.6 is 0 Å². The lowest BCUT2D eigenvalue weighted by Gasteiger charge is -2.27. The molecule has 3 rings (SSSR count). The predicted molar refractivity (Wildman–Crippen MR) is 104 cm³/mol.